The molecule has 2 rings (SSSR count). The Hall–Kier alpha value is -1.96. The fourth-order valence-corrected chi connectivity index (χ4v) is 2.35. The van der Waals surface area contributed by atoms with Crippen LogP contribution in [-0.4, -0.2) is 25.7 Å². The van der Waals surface area contributed by atoms with Gasteiger partial charge in [-0.25, -0.2) is 0 Å². The standard InChI is InChI=1S/C20H27N3O2.HI/c1-15(2)25-19-12-8-17(9-13-19)23-20(21)22-14-4-5-16-6-10-18(24-3)11-7-16;/h6-13,15H,4-5,14H2,1-3H3,(H3,21,22,23);1H. The molecule has 142 valence electrons. The molecule has 0 amide bonds. The molecule has 0 aromatic heterocycles. The highest BCUT2D eigenvalue weighted by Gasteiger charge is 1.99. The predicted molar refractivity (Wildman–Crippen MR) is 119 cm³/mol. The third kappa shape index (κ3) is 7.95. The number of anilines is 1. The number of nitrogens with zero attached hydrogens (tertiary/aromatic N) is 1. The second-order valence-electron chi connectivity index (χ2n) is 6.03. The lowest BCUT2D eigenvalue weighted by Gasteiger charge is -2.11. The minimum absolute atomic E-state index is 0. The van der Waals surface area contributed by atoms with Crippen molar-refractivity contribution in [2.45, 2.75) is 32.8 Å². The fraction of sp³-hybridized carbons (Fsp3) is 0.350. The third-order valence-corrected chi connectivity index (χ3v) is 3.56. The van der Waals surface area contributed by atoms with E-state index >= 15 is 0 Å². The molecule has 0 bridgehead atoms. The number of aryl methyl sites for hydroxylation is 1. The third-order valence-electron chi connectivity index (χ3n) is 3.56. The van der Waals surface area contributed by atoms with E-state index in [9.17, 15) is 0 Å². The van der Waals surface area contributed by atoms with E-state index in [2.05, 4.69) is 22.4 Å². The Labute approximate surface area is 173 Å². The smallest absolute Gasteiger partial charge is 0.193 e. The Morgan fingerprint density at radius 1 is 1.04 bits per heavy atom. The van der Waals surface area contributed by atoms with E-state index in [1.165, 1.54) is 5.56 Å². The number of hydrogen-bond acceptors (Lipinski definition) is 3. The summed E-state index contributed by atoms with van der Waals surface area (Å²) in [5, 5.41) is 3.09. The summed E-state index contributed by atoms with van der Waals surface area (Å²) in [6.45, 7) is 4.69. The van der Waals surface area contributed by atoms with E-state index < -0.39 is 0 Å². The van der Waals surface area contributed by atoms with Gasteiger partial charge in [-0.1, -0.05) is 12.1 Å². The highest BCUT2D eigenvalue weighted by molar-refractivity contribution is 14.0. The molecule has 0 heterocycles. The van der Waals surface area contributed by atoms with Crippen LogP contribution < -0.4 is 20.5 Å². The molecule has 0 radical (unpaired) electrons. The molecule has 0 spiro atoms. The number of hydrogen-bond donors (Lipinski definition) is 2. The zero-order valence-corrected chi connectivity index (χ0v) is 17.9. The van der Waals surface area contributed by atoms with Gasteiger partial charge in [0.15, 0.2) is 5.96 Å². The Bertz CT molecular complexity index is 670. The van der Waals surface area contributed by atoms with Crippen LogP contribution in [0.4, 0.5) is 5.69 Å². The Balaban J connectivity index is 0.00000338. The zero-order valence-electron chi connectivity index (χ0n) is 15.6. The highest BCUT2D eigenvalue weighted by Crippen LogP contribution is 2.16. The number of benzene rings is 2. The summed E-state index contributed by atoms with van der Waals surface area (Å²) in [5.74, 6) is 2.14. The normalized spacial score (nSPS) is 11.0. The molecular weight excluding hydrogens is 441 g/mol. The van der Waals surface area contributed by atoms with E-state index in [0.717, 1.165) is 30.0 Å². The molecule has 0 saturated heterocycles. The summed E-state index contributed by atoms with van der Waals surface area (Å²) in [5.41, 5.74) is 8.10. The number of ether oxygens (including phenoxy) is 2. The van der Waals surface area contributed by atoms with Crippen LogP contribution in [0.15, 0.2) is 53.5 Å². The lowest BCUT2D eigenvalue weighted by Crippen LogP contribution is -2.22. The second kappa shape index (κ2) is 11.6. The number of nitrogens with two attached hydrogens (primary N) is 1. The average molecular weight is 469 g/mol. The van der Waals surface area contributed by atoms with Gasteiger partial charge in [-0.15, -0.1) is 24.0 Å². The van der Waals surface area contributed by atoms with Crippen LogP contribution in [0.25, 0.3) is 0 Å². The number of aliphatic imine (C=N–C) groups is 1. The minimum atomic E-state index is 0. The van der Waals surface area contributed by atoms with Crippen LogP contribution in [0.1, 0.15) is 25.8 Å². The van der Waals surface area contributed by atoms with Crippen LogP contribution in [0.5, 0.6) is 11.5 Å². The predicted octanol–water partition coefficient (Wildman–Crippen LogP) is 4.46. The molecule has 6 heteroatoms. The van der Waals surface area contributed by atoms with Crippen molar-refractivity contribution in [2.75, 3.05) is 19.0 Å². The number of methoxy groups -OCH3 is 1. The Kier molecular flexibility index (Phi) is 9.87. The maximum absolute atomic E-state index is 5.93. The van der Waals surface area contributed by atoms with Gasteiger partial charge < -0.3 is 20.5 Å². The molecule has 26 heavy (non-hydrogen) atoms. The van der Waals surface area contributed by atoms with Crippen molar-refractivity contribution >= 4 is 35.6 Å². The summed E-state index contributed by atoms with van der Waals surface area (Å²) in [6.07, 6.45) is 2.06. The lowest BCUT2D eigenvalue weighted by atomic mass is 10.1. The molecule has 5 nitrogen and oxygen atoms in total. The maximum atomic E-state index is 5.93. The van der Waals surface area contributed by atoms with Crippen LogP contribution >= 0.6 is 24.0 Å². The molecule has 0 aliphatic heterocycles. The summed E-state index contributed by atoms with van der Waals surface area (Å²) in [4.78, 5) is 4.37. The molecular formula is C20H28IN3O2. The molecule has 0 aliphatic rings. The van der Waals surface area contributed by atoms with Gasteiger partial charge in [-0.3, -0.25) is 4.99 Å². The Morgan fingerprint density at radius 2 is 1.65 bits per heavy atom. The van der Waals surface area contributed by atoms with E-state index in [1.54, 1.807) is 7.11 Å². The number of guanidine groups is 1. The van der Waals surface area contributed by atoms with Gasteiger partial charge in [0.2, 0.25) is 0 Å². The van der Waals surface area contributed by atoms with Crippen LogP contribution in [-0.2, 0) is 6.42 Å². The summed E-state index contributed by atoms with van der Waals surface area (Å²) < 4.78 is 10.8. The first kappa shape index (κ1) is 22.1. The maximum Gasteiger partial charge on any atom is 0.193 e. The molecule has 0 aliphatic carbocycles. The van der Waals surface area contributed by atoms with Crippen LogP contribution in [0, 0.1) is 0 Å². The van der Waals surface area contributed by atoms with Gasteiger partial charge in [0, 0.05) is 12.2 Å². The van der Waals surface area contributed by atoms with Crippen molar-refractivity contribution in [3.8, 4) is 11.5 Å². The van der Waals surface area contributed by atoms with E-state index in [-0.39, 0.29) is 30.1 Å². The summed E-state index contributed by atoms with van der Waals surface area (Å²) in [6, 6.07) is 15.8. The molecule has 0 saturated carbocycles. The second-order valence-corrected chi connectivity index (χ2v) is 6.03. The average Bonchev–Trinajstić information content (AvgIpc) is 2.60. The molecule has 2 aromatic carbocycles. The van der Waals surface area contributed by atoms with Gasteiger partial charge in [-0.2, -0.15) is 0 Å². The first-order valence-corrected chi connectivity index (χ1v) is 8.53. The monoisotopic (exact) mass is 469 g/mol. The van der Waals surface area contributed by atoms with Gasteiger partial charge in [0.05, 0.1) is 13.2 Å². The van der Waals surface area contributed by atoms with Crippen molar-refractivity contribution in [3.63, 3.8) is 0 Å². The highest BCUT2D eigenvalue weighted by atomic mass is 127. The lowest BCUT2D eigenvalue weighted by molar-refractivity contribution is 0.242. The van der Waals surface area contributed by atoms with E-state index in [1.807, 2.05) is 50.2 Å². The Morgan fingerprint density at radius 3 is 2.23 bits per heavy atom. The number of nitrogens with one attached hydrogen (secondary N) is 1. The quantitative estimate of drug-likeness (QED) is 0.259. The van der Waals surface area contributed by atoms with Crippen LogP contribution in [0.2, 0.25) is 0 Å². The van der Waals surface area contributed by atoms with Gasteiger partial charge >= 0.3 is 0 Å². The molecule has 0 fully saturated rings. The first-order chi connectivity index (χ1) is 12.1. The van der Waals surface area contributed by atoms with Crippen LogP contribution in [0.3, 0.4) is 0 Å². The molecule has 3 N–H and O–H groups in total. The van der Waals surface area contributed by atoms with Crippen molar-refractivity contribution in [2.24, 2.45) is 10.7 Å². The topological polar surface area (TPSA) is 68.9 Å². The largest absolute Gasteiger partial charge is 0.497 e. The number of halogens is 1. The minimum Gasteiger partial charge on any atom is -0.497 e. The molecule has 2 aromatic rings. The van der Waals surface area contributed by atoms with Gasteiger partial charge in [-0.05, 0) is 68.7 Å². The molecule has 0 atom stereocenters. The molecule has 0 unspecified atom stereocenters. The van der Waals surface area contributed by atoms with Crippen molar-refractivity contribution < 1.29 is 9.47 Å². The van der Waals surface area contributed by atoms with E-state index in [0.29, 0.717) is 12.5 Å². The van der Waals surface area contributed by atoms with Crippen molar-refractivity contribution in [1.82, 2.24) is 0 Å². The van der Waals surface area contributed by atoms with E-state index in [4.69, 9.17) is 15.2 Å². The van der Waals surface area contributed by atoms with Gasteiger partial charge in [0.1, 0.15) is 11.5 Å². The number of rotatable bonds is 8. The van der Waals surface area contributed by atoms with Gasteiger partial charge in [0.25, 0.3) is 0 Å². The van der Waals surface area contributed by atoms with Crippen molar-refractivity contribution in [1.29, 1.82) is 0 Å². The fourth-order valence-electron chi connectivity index (χ4n) is 2.35. The summed E-state index contributed by atoms with van der Waals surface area (Å²) >= 11 is 0. The first-order valence-electron chi connectivity index (χ1n) is 8.53. The summed E-state index contributed by atoms with van der Waals surface area (Å²) in [7, 11) is 1.67. The SMILES string of the molecule is COc1ccc(CCCN=C(N)Nc2ccc(OC(C)C)cc2)cc1.I. The zero-order chi connectivity index (χ0) is 18.1. The van der Waals surface area contributed by atoms with Crippen molar-refractivity contribution in [3.05, 3.63) is 54.1 Å².